The maximum Gasteiger partial charge on any atom is 0.471 e. The van der Waals surface area contributed by atoms with E-state index in [9.17, 15) is 22.4 Å². The minimum Gasteiger partial charge on any atom is -0.336 e. The zero-order valence-electron chi connectivity index (χ0n) is 14.1. The molecule has 1 N–H and O–H groups in total. The first-order valence-corrected chi connectivity index (χ1v) is 8.25. The number of carbonyl (C=O) groups excluding carboxylic acids is 1. The summed E-state index contributed by atoms with van der Waals surface area (Å²) in [6, 6.07) is 3.27. The van der Waals surface area contributed by atoms with E-state index in [0.29, 0.717) is 12.8 Å². The summed E-state index contributed by atoms with van der Waals surface area (Å²) < 4.78 is 56.1. The molecule has 1 amide bonds. The quantitative estimate of drug-likeness (QED) is 0.646. The first-order chi connectivity index (χ1) is 12.7. The molecule has 0 spiro atoms. The fourth-order valence-corrected chi connectivity index (χ4v) is 3.04. The number of halogens is 4. The molecule has 1 aliphatic carbocycles. The van der Waals surface area contributed by atoms with Crippen molar-refractivity contribution in [1.29, 1.82) is 0 Å². The van der Waals surface area contributed by atoms with E-state index in [-0.39, 0.29) is 11.1 Å². The third kappa shape index (κ3) is 3.94. The van der Waals surface area contributed by atoms with E-state index < -0.39 is 35.2 Å². The van der Waals surface area contributed by atoms with Gasteiger partial charge in [-0.3, -0.25) is 4.79 Å². The molecule has 27 heavy (non-hydrogen) atoms. The Labute approximate surface area is 152 Å². The summed E-state index contributed by atoms with van der Waals surface area (Å²) in [5, 5.41) is 5.90. The van der Waals surface area contributed by atoms with Crippen LogP contribution in [-0.4, -0.2) is 21.6 Å². The van der Waals surface area contributed by atoms with Crippen molar-refractivity contribution in [2.24, 2.45) is 0 Å². The molecule has 5 nitrogen and oxygen atoms in total. The molecule has 142 valence electrons. The van der Waals surface area contributed by atoms with Gasteiger partial charge >= 0.3 is 12.1 Å². The van der Waals surface area contributed by atoms with E-state index in [0.717, 1.165) is 31.4 Å². The Bertz CT molecular complexity index is 893. The van der Waals surface area contributed by atoms with Crippen LogP contribution in [0.4, 0.5) is 17.6 Å². The third-order valence-electron chi connectivity index (χ3n) is 4.48. The second-order valence-corrected chi connectivity index (χ2v) is 6.36. The second kappa shape index (κ2) is 7.02. The molecule has 1 aromatic carbocycles. The Balaban J connectivity index is 1.81. The summed E-state index contributed by atoms with van der Waals surface area (Å²) in [4.78, 5) is 15.6. The summed E-state index contributed by atoms with van der Waals surface area (Å²) in [5.41, 5.74) is -1.12. The van der Waals surface area contributed by atoms with E-state index in [2.05, 4.69) is 25.9 Å². The number of nitrogens with zero attached hydrogens (tertiary/aromatic N) is 2. The van der Waals surface area contributed by atoms with Crippen molar-refractivity contribution in [3.63, 3.8) is 0 Å². The van der Waals surface area contributed by atoms with Gasteiger partial charge in [0.2, 0.25) is 5.82 Å². The third-order valence-corrected chi connectivity index (χ3v) is 4.48. The zero-order valence-corrected chi connectivity index (χ0v) is 14.1. The Morgan fingerprint density at radius 2 is 1.96 bits per heavy atom. The molecule has 1 aliphatic rings. The summed E-state index contributed by atoms with van der Waals surface area (Å²) in [6.45, 7) is 0. The van der Waals surface area contributed by atoms with Crippen LogP contribution in [0.2, 0.25) is 0 Å². The highest BCUT2D eigenvalue weighted by molar-refractivity contribution is 5.95. The first-order valence-electron chi connectivity index (χ1n) is 8.25. The number of benzene rings is 1. The molecule has 0 saturated heterocycles. The van der Waals surface area contributed by atoms with Gasteiger partial charge in [0.05, 0.1) is 5.56 Å². The van der Waals surface area contributed by atoms with Gasteiger partial charge in [-0.1, -0.05) is 36.4 Å². The number of nitrogens with one attached hydrogen (secondary N) is 1. The number of carbonyl (C=O) groups is 1. The van der Waals surface area contributed by atoms with Crippen molar-refractivity contribution in [3.05, 3.63) is 35.5 Å². The monoisotopic (exact) mass is 381 g/mol. The Morgan fingerprint density at radius 1 is 1.26 bits per heavy atom. The van der Waals surface area contributed by atoms with Crippen LogP contribution >= 0.6 is 0 Å². The maximum atomic E-state index is 14.4. The van der Waals surface area contributed by atoms with Crippen molar-refractivity contribution in [3.8, 4) is 23.7 Å². The predicted molar refractivity (Wildman–Crippen MR) is 86.8 cm³/mol. The molecule has 2 aromatic rings. The van der Waals surface area contributed by atoms with Gasteiger partial charge in [-0.2, -0.15) is 18.2 Å². The Hall–Kier alpha value is -2.89. The number of terminal acetylenes is 1. The first kappa shape index (κ1) is 18.9. The van der Waals surface area contributed by atoms with E-state index in [1.165, 1.54) is 6.07 Å². The molecule has 0 atom stereocenters. The fourth-order valence-electron chi connectivity index (χ4n) is 3.04. The van der Waals surface area contributed by atoms with E-state index in [1.807, 2.05) is 0 Å². The van der Waals surface area contributed by atoms with Gasteiger partial charge in [0.1, 0.15) is 11.4 Å². The number of aromatic nitrogens is 2. The summed E-state index contributed by atoms with van der Waals surface area (Å²) >= 11 is 0. The van der Waals surface area contributed by atoms with Gasteiger partial charge in [0.15, 0.2) is 0 Å². The molecular formula is C18H15F4N3O2. The molecular weight excluding hydrogens is 366 g/mol. The molecule has 1 saturated carbocycles. The van der Waals surface area contributed by atoms with Crippen LogP contribution in [0.3, 0.4) is 0 Å². The molecule has 0 unspecified atom stereocenters. The Morgan fingerprint density at radius 3 is 2.52 bits per heavy atom. The predicted octanol–water partition coefficient (Wildman–Crippen LogP) is 3.96. The average Bonchev–Trinajstić information content (AvgIpc) is 3.13. The number of hydrogen-bond donors (Lipinski definition) is 1. The Kier molecular flexibility index (Phi) is 4.91. The fraction of sp³-hybridized carbons (Fsp3) is 0.389. The standard InChI is InChI=1S/C18H15F4N3O2/c1-2-17(8-4-3-5-9-17)24-15(26)12-7-6-11(10-13(12)19)14-23-16(27-25-14)18(20,21)22/h1,6-7,10H,3-5,8-9H2,(H,24,26). The molecule has 0 bridgehead atoms. The normalized spacial score (nSPS) is 16.6. The molecule has 1 aromatic heterocycles. The van der Waals surface area contributed by atoms with Gasteiger partial charge in [-0.05, 0) is 25.0 Å². The number of alkyl halides is 3. The van der Waals surface area contributed by atoms with Crippen LogP contribution in [0, 0.1) is 18.2 Å². The topological polar surface area (TPSA) is 68.0 Å². The van der Waals surface area contributed by atoms with Crippen LogP contribution < -0.4 is 5.32 Å². The van der Waals surface area contributed by atoms with Crippen molar-refractivity contribution < 1.29 is 26.9 Å². The largest absolute Gasteiger partial charge is 0.471 e. The molecule has 0 aliphatic heterocycles. The molecule has 9 heteroatoms. The lowest BCUT2D eigenvalue weighted by atomic mass is 9.82. The highest BCUT2D eigenvalue weighted by Crippen LogP contribution is 2.30. The number of amides is 1. The molecule has 1 fully saturated rings. The smallest absolute Gasteiger partial charge is 0.336 e. The van der Waals surface area contributed by atoms with E-state index in [4.69, 9.17) is 6.42 Å². The van der Waals surface area contributed by atoms with Gasteiger partial charge in [-0.15, -0.1) is 6.42 Å². The number of hydrogen-bond acceptors (Lipinski definition) is 4. The van der Waals surface area contributed by atoms with E-state index >= 15 is 0 Å². The SMILES string of the molecule is C#CC1(NC(=O)c2ccc(-c3noc(C(F)(F)F)n3)cc2F)CCCCC1. The van der Waals surface area contributed by atoms with Crippen molar-refractivity contribution >= 4 is 5.91 Å². The van der Waals surface area contributed by atoms with Crippen molar-refractivity contribution in [2.45, 2.75) is 43.8 Å². The van der Waals surface area contributed by atoms with Crippen LogP contribution in [0.15, 0.2) is 22.7 Å². The van der Waals surface area contributed by atoms with Crippen molar-refractivity contribution in [2.75, 3.05) is 0 Å². The highest BCUT2D eigenvalue weighted by Gasteiger charge is 2.38. The van der Waals surface area contributed by atoms with Crippen LogP contribution in [0.5, 0.6) is 0 Å². The average molecular weight is 381 g/mol. The van der Waals surface area contributed by atoms with Gasteiger partial charge in [0.25, 0.3) is 5.91 Å². The van der Waals surface area contributed by atoms with Gasteiger partial charge < -0.3 is 9.84 Å². The molecule has 0 radical (unpaired) electrons. The molecule has 3 rings (SSSR count). The van der Waals surface area contributed by atoms with Crippen LogP contribution in [-0.2, 0) is 6.18 Å². The minimum atomic E-state index is -4.80. The minimum absolute atomic E-state index is 0.0485. The summed E-state index contributed by atoms with van der Waals surface area (Å²) in [6.07, 6.45) is 4.74. The zero-order chi connectivity index (χ0) is 19.7. The lowest BCUT2D eigenvalue weighted by Gasteiger charge is -2.33. The summed E-state index contributed by atoms with van der Waals surface area (Å²) in [7, 11) is 0. The lowest BCUT2D eigenvalue weighted by molar-refractivity contribution is -0.159. The maximum absolute atomic E-state index is 14.4. The van der Waals surface area contributed by atoms with Gasteiger partial charge in [0, 0.05) is 5.56 Å². The van der Waals surface area contributed by atoms with Crippen LogP contribution in [0.25, 0.3) is 11.4 Å². The van der Waals surface area contributed by atoms with Crippen molar-refractivity contribution in [1.82, 2.24) is 15.5 Å². The number of rotatable bonds is 3. The highest BCUT2D eigenvalue weighted by atomic mass is 19.4. The molecule has 1 heterocycles. The van der Waals surface area contributed by atoms with Gasteiger partial charge in [-0.25, -0.2) is 4.39 Å². The lowest BCUT2D eigenvalue weighted by Crippen LogP contribution is -2.48. The van der Waals surface area contributed by atoms with E-state index in [1.54, 1.807) is 0 Å². The van der Waals surface area contributed by atoms with Crippen LogP contribution in [0.1, 0.15) is 48.4 Å². The summed E-state index contributed by atoms with van der Waals surface area (Å²) in [5.74, 6) is -0.968. The second-order valence-electron chi connectivity index (χ2n) is 6.36.